The highest BCUT2D eigenvalue weighted by Gasteiger charge is 2.24. The van der Waals surface area contributed by atoms with E-state index in [1.165, 1.54) is 0 Å². The Bertz CT molecular complexity index is 995. The van der Waals surface area contributed by atoms with Gasteiger partial charge in [0.1, 0.15) is 5.75 Å². The van der Waals surface area contributed by atoms with Gasteiger partial charge in [-0.3, -0.25) is 0 Å². The number of rotatable bonds is 7. The molecule has 2 heterocycles. The lowest BCUT2D eigenvalue weighted by Gasteiger charge is -2.14. The van der Waals surface area contributed by atoms with E-state index in [2.05, 4.69) is 43.0 Å². The van der Waals surface area contributed by atoms with Crippen molar-refractivity contribution in [3.63, 3.8) is 0 Å². The van der Waals surface area contributed by atoms with E-state index in [9.17, 15) is 0 Å². The second-order valence-electron chi connectivity index (χ2n) is 6.31. The molecule has 4 rings (SSSR count). The van der Waals surface area contributed by atoms with E-state index in [1.54, 1.807) is 13.4 Å². The molecule has 0 saturated heterocycles. The van der Waals surface area contributed by atoms with E-state index in [-0.39, 0.29) is 21.0 Å². The van der Waals surface area contributed by atoms with Crippen LogP contribution in [0.25, 0.3) is 11.2 Å². The van der Waals surface area contributed by atoms with Gasteiger partial charge in [-0.1, -0.05) is 28.1 Å². The maximum absolute atomic E-state index is 5.79. The van der Waals surface area contributed by atoms with Crippen LogP contribution in [0, 0.1) is 5.92 Å². The molecule has 2 N–H and O–H groups in total. The topological polar surface area (TPSA) is 97.3 Å². The Morgan fingerprint density at radius 3 is 2.86 bits per heavy atom. The van der Waals surface area contributed by atoms with Crippen molar-refractivity contribution in [2.75, 3.05) is 19.5 Å². The molecule has 0 saturated carbocycles. The van der Waals surface area contributed by atoms with Crippen LogP contribution in [0.5, 0.6) is 11.6 Å². The SMILES string of the molecule is COc1nc(N)nc2c1ncn2[C@H]1C=C[C@@H](COPOc2ccc(Br)cc2)C1. The molecule has 0 spiro atoms. The first kappa shape index (κ1) is 19.1. The number of aromatic nitrogens is 4. The number of allylic oxidation sites excluding steroid dienone is 1. The largest absolute Gasteiger partial charge is 0.479 e. The van der Waals surface area contributed by atoms with Gasteiger partial charge in [0.15, 0.2) is 11.2 Å². The number of nitrogens with zero attached hydrogens (tertiary/aromatic N) is 4. The van der Waals surface area contributed by atoms with Crippen molar-refractivity contribution in [3.8, 4) is 11.6 Å². The van der Waals surface area contributed by atoms with Crippen molar-refractivity contribution in [1.29, 1.82) is 0 Å². The van der Waals surface area contributed by atoms with Gasteiger partial charge in [0.2, 0.25) is 20.9 Å². The third-order valence-electron chi connectivity index (χ3n) is 4.44. The number of hydrogen-bond donors (Lipinski definition) is 1. The third-order valence-corrected chi connectivity index (χ3v) is 5.57. The summed E-state index contributed by atoms with van der Waals surface area (Å²) < 4.78 is 19.6. The summed E-state index contributed by atoms with van der Waals surface area (Å²) in [5.74, 6) is 1.63. The summed E-state index contributed by atoms with van der Waals surface area (Å²) in [7, 11) is 1.50. The Kier molecular flexibility index (Phi) is 5.75. The lowest BCUT2D eigenvalue weighted by molar-refractivity contribution is 0.278. The molecular formula is C18H19BrN5O3P. The number of fused-ring (bicyclic) bond motifs is 1. The zero-order valence-electron chi connectivity index (χ0n) is 15.1. The summed E-state index contributed by atoms with van der Waals surface area (Å²) in [5, 5.41) is 0. The van der Waals surface area contributed by atoms with Crippen LogP contribution in [-0.2, 0) is 4.52 Å². The monoisotopic (exact) mass is 463 g/mol. The fourth-order valence-corrected chi connectivity index (χ4v) is 3.93. The Morgan fingerprint density at radius 2 is 2.07 bits per heavy atom. The van der Waals surface area contributed by atoms with Crippen molar-refractivity contribution in [2.45, 2.75) is 12.5 Å². The predicted octanol–water partition coefficient (Wildman–Crippen LogP) is 3.90. The molecule has 0 aliphatic heterocycles. The highest BCUT2D eigenvalue weighted by Crippen LogP contribution is 2.33. The fourth-order valence-electron chi connectivity index (χ4n) is 3.10. The quantitative estimate of drug-likeness (QED) is 0.322. The van der Waals surface area contributed by atoms with E-state index >= 15 is 0 Å². The molecule has 0 amide bonds. The van der Waals surface area contributed by atoms with Crippen molar-refractivity contribution >= 4 is 42.1 Å². The normalized spacial score (nSPS) is 19.1. The maximum atomic E-state index is 5.79. The van der Waals surface area contributed by atoms with Gasteiger partial charge in [-0.25, -0.2) is 4.98 Å². The standard InChI is InChI=1S/C18H19BrN5O3P/c1-25-17-15-16(22-18(20)23-17)24(10-21-15)13-5-2-11(8-13)9-26-28-27-14-6-3-12(19)4-7-14/h2-7,10-11,13,28H,8-9H2,1H3,(H2,20,22,23)/t11-,13+/m1/s1. The molecule has 1 aromatic carbocycles. The molecule has 28 heavy (non-hydrogen) atoms. The smallest absolute Gasteiger partial charge is 0.246 e. The number of ether oxygens (including phenoxy) is 1. The van der Waals surface area contributed by atoms with Gasteiger partial charge < -0.3 is 24.1 Å². The minimum Gasteiger partial charge on any atom is -0.479 e. The lowest BCUT2D eigenvalue weighted by atomic mass is 10.1. The molecular weight excluding hydrogens is 445 g/mol. The molecule has 8 nitrogen and oxygen atoms in total. The summed E-state index contributed by atoms with van der Waals surface area (Å²) in [6.07, 6.45) is 6.93. The molecule has 1 aliphatic rings. The van der Waals surface area contributed by atoms with Crippen LogP contribution in [0.1, 0.15) is 12.5 Å². The average molecular weight is 464 g/mol. The fraction of sp³-hybridized carbons (Fsp3) is 0.278. The zero-order chi connectivity index (χ0) is 19.5. The number of anilines is 1. The molecule has 1 aliphatic carbocycles. The van der Waals surface area contributed by atoms with Crippen LogP contribution in [0.15, 0.2) is 47.2 Å². The number of benzene rings is 1. The first-order chi connectivity index (χ1) is 13.6. The summed E-state index contributed by atoms with van der Waals surface area (Å²) >= 11 is 3.40. The molecule has 146 valence electrons. The van der Waals surface area contributed by atoms with Gasteiger partial charge >= 0.3 is 0 Å². The molecule has 10 heteroatoms. The predicted molar refractivity (Wildman–Crippen MR) is 112 cm³/mol. The molecule has 1 unspecified atom stereocenters. The second-order valence-corrected chi connectivity index (χ2v) is 7.89. The Labute approximate surface area is 172 Å². The Balaban J connectivity index is 1.33. The summed E-state index contributed by atoms with van der Waals surface area (Å²) in [6.45, 7) is 0.592. The molecule has 2 aromatic heterocycles. The van der Waals surface area contributed by atoms with E-state index in [0.717, 1.165) is 16.6 Å². The number of hydrogen-bond acceptors (Lipinski definition) is 7. The van der Waals surface area contributed by atoms with E-state index in [4.69, 9.17) is 19.5 Å². The lowest BCUT2D eigenvalue weighted by Crippen LogP contribution is -2.09. The van der Waals surface area contributed by atoms with Crippen molar-refractivity contribution in [2.24, 2.45) is 5.92 Å². The van der Waals surface area contributed by atoms with E-state index in [1.807, 2.05) is 28.8 Å². The number of imidazole rings is 1. The maximum Gasteiger partial charge on any atom is 0.246 e. The van der Waals surface area contributed by atoms with Gasteiger partial charge in [-0.05, 0) is 30.7 Å². The first-order valence-electron chi connectivity index (χ1n) is 8.65. The van der Waals surface area contributed by atoms with Crippen LogP contribution in [0.3, 0.4) is 0 Å². The van der Waals surface area contributed by atoms with Gasteiger partial charge in [-0.15, -0.1) is 0 Å². The molecule has 3 aromatic rings. The Morgan fingerprint density at radius 1 is 1.25 bits per heavy atom. The van der Waals surface area contributed by atoms with Gasteiger partial charge in [0.25, 0.3) is 0 Å². The minimum atomic E-state index is -0.0432. The van der Waals surface area contributed by atoms with Gasteiger partial charge in [-0.2, -0.15) is 9.97 Å². The highest BCUT2D eigenvalue weighted by molar-refractivity contribution is 9.10. The first-order valence-corrected chi connectivity index (χ1v) is 10.3. The number of halogens is 1. The number of nitrogens with two attached hydrogens (primary N) is 1. The number of nitrogen functional groups attached to an aromatic ring is 1. The van der Waals surface area contributed by atoms with Crippen LogP contribution < -0.4 is 15.0 Å². The van der Waals surface area contributed by atoms with Crippen LogP contribution in [0.2, 0.25) is 0 Å². The van der Waals surface area contributed by atoms with E-state index < -0.39 is 0 Å². The summed E-state index contributed by atoms with van der Waals surface area (Å²) in [5.41, 5.74) is 7.07. The van der Waals surface area contributed by atoms with Crippen molar-refractivity contribution < 1.29 is 13.8 Å². The van der Waals surface area contributed by atoms with Gasteiger partial charge in [0.05, 0.1) is 26.1 Å². The molecule has 0 fully saturated rings. The zero-order valence-corrected chi connectivity index (χ0v) is 17.7. The molecule has 0 bridgehead atoms. The third kappa shape index (κ3) is 4.11. The van der Waals surface area contributed by atoms with Crippen molar-refractivity contribution in [3.05, 3.63) is 47.2 Å². The van der Waals surface area contributed by atoms with Crippen molar-refractivity contribution in [1.82, 2.24) is 19.5 Å². The van der Waals surface area contributed by atoms with E-state index in [0.29, 0.717) is 29.6 Å². The van der Waals surface area contributed by atoms with Crippen LogP contribution in [0.4, 0.5) is 5.95 Å². The minimum absolute atomic E-state index is 0.0432. The average Bonchev–Trinajstić information content (AvgIpc) is 3.32. The summed E-state index contributed by atoms with van der Waals surface area (Å²) in [6, 6.07) is 7.80. The highest BCUT2D eigenvalue weighted by atomic mass is 79.9. The number of methoxy groups -OCH3 is 1. The van der Waals surface area contributed by atoms with Gasteiger partial charge in [0, 0.05) is 10.4 Å². The van der Waals surface area contributed by atoms with Crippen LogP contribution in [-0.4, -0.2) is 33.2 Å². The second kappa shape index (κ2) is 8.43. The van der Waals surface area contributed by atoms with Crippen LogP contribution >= 0.6 is 25.0 Å². The summed E-state index contributed by atoms with van der Waals surface area (Å²) in [4.78, 5) is 12.8. The molecule has 0 radical (unpaired) electrons. The Hall–Kier alpha value is -2.22. The molecule has 3 atom stereocenters.